The number of fused-ring (bicyclic) bond motifs is 2. The van der Waals surface area contributed by atoms with Crippen LogP contribution in [-0.4, -0.2) is 47.6 Å². The Bertz CT molecular complexity index is 316. The minimum absolute atomic E-state index is 0. The fourth-order valence-electron chi connectivity index (χ4n) is 2.96. The summed E-state index contributed by atoms with van der Waals surface area (Å²) in [5, 5.41) is 6.73. The van der Waals surface area contributed by atoms with Crippen LogP contribution in [0.25, 0.3) is 0 Å². The van der Waals surface area contributed by atoms with E-state index in [9.17, 15) is 4.79 Å². The molecule has 0 aromatic rings. The molecule has 3 atom stereocenters. The van der Waals surface area contributed by atoms with Gasteiger partial charge in [0.2, 0.25) is 5.91 Å². The second-order valence-electron chi connectivity index (χ2n) is 6.84. The van der Waals surface area contributed by atoms with Crippen LogP contribution in [0, 0.1) is 0 Å². The first-order chi connectivity index (χ1) is 8.35. The highest BCUT2D eigenvalue weighted by molar-refractivity contribution is 5.85. The molecule has 2 aliphatic heterocycles. The number of rotatable bonds is 2. The Hall–Kier alpha value is -0.320. The van der Waals surface area contributed by atoms with Gasteiger partial charge in [-0.2, -0.15) is 0 Å². The van der Waals surface area contributed by atoms with Crippen molar-refractivity contribution in [2.75, 3.05) is 13.1 Å². The summed E-state index contributed by atoms with van der Waals surface area (Å²) in [6.07, 6.45) is 3.74. The van der Waals surface area contributed by atoms with Gasteiger partial charge in [-0.05, 0) is 47.0 Å². The molecule has 2 saturated heterocycles. The number of nitrogens with zero attached hydrogens (tertiary/aromatic N) is 1. The molecule has 0 spiro atoms. The highest BCUT2D eigenvalue weighted by Gasteiger charge is 2.33. The van der Waals surface area contributed by atoms with Crippen LogP contribution in [-0.2, 0) is 4.79 Å². The van der Waals surface area contributed by atoms with Gasteiger partial charge >= 0.3 is 0 Å². The molecule has 3 unspecified atom stereocenters. The summed E-state index contributed by atoms with van der Waals surface area (Å²) in [5.74, 6) is 0.153. The molecule has 0 aliphatic carbocycles. The number of carbonyl (C=O) groups is 1. The molecular weight excluding hydrogens is 262 g/mol. The van der Waals surface area contributed by atoms with Crippen LogP contribution in [0.3, 0.4) is 0 Å². The average Bonchev–Trinajstić information content (AvgIpc) is 2.55. The Balaban J connectivity index is 0.00000180. The highest BCUT2D eigenvalue weighted by Crippen LogP contribution is 2.21. The van der Waals surface area contributed by atoms with Crippen LogP contribution in [0.1, 0.15) is 47.0 Å². The Morgan fingerprint density at radius 3 is 2.53 bits per heavy atom. The van der Waals surface area contributed by atoms with E-state index in [1.807, 2.05) is 27.7 Å². The van der Waals surface area contributed by atoms with Gasteiger partial charge in [-0.3, -0.25) is 9.69 Å². The van der Waals surface area contributed by atoms with E-state index in [-0.39, 0.29) is 29.9 Å². The third-order valence-corrected chi connectivity index (χ3v) is 3.98. The maximum atomic E-state index is 12.2. The van der Waals surface area contributed by atoms with Crippen molar-refractivity contribution in [2.45, 2.75) is 70.6 Å². The minimum atomic E-state index is -0.144. The van der Waals surface area contributed by atoms with E-state index < -0.39 is 0 Å². The number of likely N-dealkylation sites (tertiary alicyclic amines) is 1. The van der Waals surface area contributed by atoms with Crippen molar-refractivity contribution < 1.29 is 4.79 Å². The summed E-state index contributed by atoms with van der Waals surface area (Å²) in [4.78, 5) is 14.5. The molecule has 2 N–H and O–H groups in total. The molecule has 112 valence electrons. The number of nitrogens with one attached hydrogen (secondary N) is 2. The lowest BCUT2D eigenvalue weighted by atomic mass is 10.1. The van der Waals surface area contributed by atoms with E-state index in [1.165, 1.54) is 19.3 Å². The van der Waals surface area contributed by atoms with Crippen LogP contribution in [0.4, 0.5) is 0 Å². The molecule has 0 saturated carbocycles. The van der Waals surface area contributed by atoms with Crippen molar-refractivity contribution in [3.8, 4) is 0 Å². The van der Waals surface area contributed by atoms with E-state index >= 15 is 0 Å². The summed E-state index contributed by atoms with van der Waals surface area (Å²) in [7, 11) is 0. The molecule has 5 heteroatoms. The van der Waals surface area contributed by atoms with Crippen LogP contribution in [0.5, 0.6) is 0 Å². The molecule has 2 aliphatic rings. The molecule has 2 fully saturated rings. The van der Waals surface area contributed by atoms with Crippen molar-refractivity contribution in [3.63, 3.8) is 0 Å². The van der Waals surface area contributed by atoms with Gasteiger partial charge in [0.25, 0.3) is 0 Å². The number of hydrogen-bond donors (Lipinski definition) is 2. The zero-order valence-electron chi connectivity index (χ0n) is 12.5. The van der Waals surface area contributed by atoms with Crippen LogP contribution in [0.2, 0.25) is 0 Å². The van der Waals surface area contributed by atoms with Gasteiger partial charge in [0.15, 0.2) is 0 Å². The summed E-state index contributed by atoms with van der Waals surface area (Å²) in [6.45, 7) is 10.2. The topological polar surface area (TPSA) is 44.4 Å². The Kier molecular flexibility index (Phi) is 5.65. The van der Waals surface area contributed by atoms with Gasteiger partial charge in [0, 0.05) is 30.7 Å². The smallest absolute Gasteiger partial charge is 0.237 e. The SMILES string of the molecule is CC(C(=O)NC(C)(C)C)N1CCC2CCC(C1)N2.Cl. The van der Waals surface area contributed by atoms with Gasteiger partial charge in [0.05, 0.1) is 6.04 Å². The zero-order valence-corrected chi connectivity index (χ0v) is 13.3. The summed E-state index contributed by atoms with van der Waals surface area (Å²) in [5.41, 5.74) is -0.144. The summed E-state index contributed by atoms with van der Waals surface area (Å²) in [6, 6.07) is 1.24. The van der Waals surface area contributed by atoms with Crippen molar-refractivity contribution in [1.29, 1.82) is 0 Å². The molecular formula is C14H28ClN3O. The Morgan fingerprint density at radius 2 is 1.89 bits per heavy atom. The second kappa shape index (κ2) is 6.42. The highest BCUT2D eigenvalue weighted by atomic mass is 35.5. The predicted molar refractivity (Wildman–Crippen MR) is 80.7 cm³/mol. The Labute approximate surface area is 123 Å². The first-order valence-corrected chi connectivity index (χ1v) is 7.17. The third-order valence-electron chi connectivity index (χ3n) is 3.98. The van der Waals surface area contributed by atoms with E-state index in [1.54, 1.807) is 0 Å². The molecule has 0 aromatic carbocycles. The molecule has 2 heterocycles. The molecule has 4 nitrogen and oxygen atoms in total. The first-order valence-electron chi connectivity index (χ1n) is 7.17. The van der Waals surface area contributed by atoms with Crippen LogP contribution < -0.4 is 10.6 Å². The lowest BCUT2D eigenvalue weighted by Gasteiger charge is -2.31. The minimum Gasteiger partial charge on any atom is -0.350 e. The fourth-order valence-corrected chi connectivity index (χ4v) is 2.96. The zero-order chi connectivity index (χ0) is 13.3. The lowest BCUT2D eigenvalue weighted by Crippen LogP contribution is -2.52. The van der Waals surface area contributed by atoms with Crippen LogP contribution >= 0.6 is 12.4 Å². The molecule has 2 rings (SSSR count). The summed E-state index contributed by atoms with van der Waals surface area (Å²) >= 11 is 0. The van der Waals surface area contributed by atoms with Crippen molar-refractivity contribution in [2.24, 2.45) is 0 Å². The molecule has 0 aromatic heterocycles. The monoisotopic (exact) mass is 289 g/mol. The standard InChI is InChI=1S/C14H27N3O.ClH/c1-10(13(18)16-14(2,3)4)17-8-7-11-5-6-12(9-17)15-11;/h10-12,15H,5-9H2,1-4H3,(H,16,18);1H. The van der Waals surface area contributed by atoms with Crippen molar-refractivity contribution in [3.05, 3.63) is 0 Å². The van der Waals surface area contributed by atoms with E-state index in [0.29, 0.717) is 12.1 Å². The Morgan fingerprint density at radius 1 is 1.26 bits per heavy atom. The van der Waals surface area contributed by atoms with Crippen molar-refractivity contribution in [1.82, 2.24) is 15.5 Å². The van der Waals surface area contributed by atoms with Gasteiger partial charge in [-0.15, -0.1) is 12.4 Å². The maximum absolute atomic E-state index is 12.2. The largest absolute Gasteiger partial charge is 0.350 e. The van der Waals surface area contributed by atoms with Gasteiger partial charge in [-0.25, -0.2) is 0 Å². The number of hydrogen-bond acceptors (Lipinski definition) is 3. The average molecular weight is 290 g/mol. The molecule has 2 bridgehead atoms. The van der Waals surface area contributed by atoms with Gasteiger partial charge in [0.1, 0.15) is 0 Å². The van der Waals surface area contributed by atoms with Crippen LogP contribution in [0.15, 0.2) is 0 Å². The molecule has 0 radical (unpaired) electrons. The third kappa shape index (κ3) is 4.62. The van der Waals surface area contributed by atoms with E-state index in [0.717, 1.165) is 13.1 Å². The predicted octanol–water partition coefficient (Wildman–Crippen LogP) is 1.54. The van der Waals surface area contributed by atoms with E-state index in [2.05, 4.69) is 15.5 Å². The maximum Gasteiger partial charge on any atom is 0.237 e. The second-order valence-corrected chi connectivity index (χ2v) is 6.84. The van der Waals surface area contributed by atoms with E-state index in [4.69, 9.17) is 0 Å². The summed E-state index contributed by atoms with van der Waals surface area (Å²) < 4.78 is 0. The number of amides is 1. The van der Waals surface area contributed by atoms with Gasteiger partial charge in [-0.1, -0.05) is 0 Å². The number of carbonyl (C=O) groups excluding carboxylic acids is 1. The first kappa shape index (κ1) is 16.7. The lowest BCUT2D eigenvalue weighted by molar-refractivity contribution is -0.127. The normalized spacial score (nSPS) is 29.3. The molecule has 1 amide bonds. The quantitative estimate of drug-likeness (QED) is 0.810. The molecule has 19 heavy (non-hydrogen) atoms. The van der Waals surface area contributed by atoms with Crippen molar-refractivity contribution >= 4 is 18.3 Å². The fraction of sp³-hybridized carbons (Fsp3) is 0.929. The number of halogens is 1. The van der Waals surface area contributed by atoms with Gasteiger partial charge < -0.3 is 10.6 Å².